The molecule has 0 bridgehead atoms. The van der Waals surface area contributed by atoms with Crippen molar-refractivity contribution in [1.29, 1.82) is 0 Å². The Hall–Kier alpha value is -1.35. The maximum absolute atomic E-state index is 6.39. The van der Waals surface area contributed by atoms with Crippen molar-refractivity contribution in [1.82, 2.24) is 9.55 Å². The van der Waals surface area contributed by atoms with E-state index in [0.717, 1.165) is 24.2 Å². The summed E-state index contributed by atoms with van der Waals surface area (Å²) in [5.74, 6) is 1.08. The lowest BCUT2D eigenvalue weighted by Crippen LogP contribution is -2.43. The summed E-state index contributed by atoms with van der Waals surface area (Å²) in [6, 6.07) is 6.98. The molecular formula is C15H21N3. The van der Waals surface area contributed by atoms with Crippen molar-refractivity contribution >= 4 is 11.0 Å². The number of benzene rings is 1. The number of rotatable bonds is 2. The number of nitrogens with zero attached hydrogens (tertiary/aromatic N) is 2. The number of hydrogen-bond acceptors (Lipinski definition) is 2. The molecule has 0 amide bonds. The van der Waals surface area contributed by atoms with Crippen LogP contribution in [0.2, 0.25) is 0 Å². The monoisotopic (exact) mass is 243 g/mol. The minimum atomic E-state index is -0.0935. The first kappa shape index (κ1) is 11.7. The predicted octanol–water partition coefficient (Wildman–Crippen LogP) is 3.26. The van der Waals surface area contributed by atoms with Crippen molar-refractivity contribution in [3.05, 3.63) is 29.6 Å². The van der Waals surface area contributed by atoms with Crippen molar-refractivity contribution in [2.24, 2.45) is 5.73 Å². The number of hydrogen-bond donors (Lipinski definition) is 1. The van der Waals surface area contributed by atoms with Crippen molar-refractivity contribution < 1.29 is 0 Å². The maximum Gasteiger partial charge on any atom is 0.106 e. The van der Waals surface area contributed by atoms with Crippen molar-refractivity contribution in [2.45, 2.75) is 51.6 Å². The molecular weight excluding hydrogens is 222 g/mol. The first-order valence-corrected chi connectivity index (χ1v) is 6.79. The summed E-state index contributed by atoms with van der Waals surface area (Å²) in [5.41, 5.74) is 9.83. The summed E-state index contributed by atoms with van der Waals surface area (Å²) >= 11 is 0. The van der Waals surface area contributed by atoms with Gasteiger partial charge < -0.3 is 10.3 Å². The Morgan fingerprint density at radius 1 is 1.33 bits per heavy atom. The highest BCUT2D eigenvalue weighted by molar-refractivity contribution is 5.77. The molecule has 1 aliphatic carbocycles. The third-order valence-corrected chi connectivity index (χ3v) is 4.20. The van der Waals surface area contributed by atoms with Gasteiger partial charge in [0, 0.05) is 11.6 Å². The third kappa shape index (κ3) is 1.57. The molecule has 0 unspecified atom stereocenters. The molecule has 1 aromatic carbocycles. The Bertz CT molecular complexity index is 591. The first-order valence-electron chi connectivity index (χ1n) is 6.79. The van der Waals surface area contributed by atoms with Crippen molar-refractivity contribution in [3.8, 4) is 0 Å². The fraction of sp³-hybridized carbons (Fsp3) is 0.533. The standard InChI is InChI=1S/C15H21N3/c1-10(2)18-11(3)17-13-9-12(5-6-14(13)18)15(16)7-4-8-15/h5-6,9-10H,4,7-8,16H2,1-3H3. The van der Waals surface area contributed by atoms with Gasteiger partial charge in [0.05, 0.1) is 11.0 Å². The molecule has 3 nitrogen and oxygen atoms in total. The van der Waals surface area contributed by atoms with Crippen LogP contribution in [0.5, 0.6) is 0 Å². The quantitative estimate of drug-likeness (QED) is 0.879. The first-order chi connectivity index (χ1) is 8.51. The lowest BCUT2D eigenvalue weighted by Gasteiger charge is -2.38. The zero-order chi connectivity index (χ0) is 12.9. The number of nitrogens with two attached hydrogens (primary N) is 1. The van der Waals surface area contributed by atoms with Crippen molar-refractivity contribution in [2.75, 3.05) is 0 Å². The van der Waals surface area contributed by atoms with Gasteiger partial charge in [0.15, 0.2) is 0 Å². The van der Waals surface area contributed by atoms with E-state index in [1.807, 2.05) is 0 Å². The second kappa shape index (κ2) is 3.82. The largest absolute Gasteiger partial charge is 0.326 e. The molecule has 1 heterocycles. The summed E-state index contributed by atoms with van der Waals surface area (Å²) in [7, 11) is 0. The number of aryl methyl sites for hydroxylation is 1. The van der Waals surface area contributed by atoms with Gasteiger partial charge in [-0.2, -0.15) is 0 Å². The molecule has 0 saturated heterocycles. The predicted molar refractivity (Wildman–Crippen MR) is 74.6 cm³/mol. The van der Waals surface area contributed by atoms with Crippen LogP contribution in [0.1, 0.15) is 50.5 Å². The molecule has 3 rings (SSSR count). The third-order valence-electron chi connectivity index (χ3n) is 4.20. The molecule has 0 spiro atoms. The van der Waals surface area contributed by atoms with Crippen molar-refractivity contribution in [3.63, 3.8) is 0 Å². The molecule has 2 aromatic rings. The zero-order valence-electron chi connectivity index (χ0n) is 11.4. The van der Waals surface area contributed by atoms with Gasteiger partial charge in [-0.05, 0) is 57.7 Å². The van der Waals surface area contributed by atoms with Gasteiger partial charge in [0.25, 0.3) is 0 Å². The zero-order valence-corrected chi connectivity index (χ0v) is 11.4. The summed E-state index contributed by atoms with van der Waals surface area (Å²) in [6.45, 7) is 6.46. The van der Waals surface area contributed by atoms with Crippen LogP contribution < -0.4 is 5.73 Å². The van der Waals surface area contributed by atoms with Crippen LogP contribution in [0, 0.1) is 6.92 Å². The summed E-state index contributed by atoms with van der Waals surface area (Å²) in [4.78, 5) is 4.67. The Kier molecular flexibility index (Phi) is 2.49. The van der Waals surface area contributed by atoms with E-state index in [0.29, 0.717) is 6.04 Å². The normalized spacial score (nSPS) is 18.3. The number of imidazole rings is 1. The van der Waals surface area contributed by atoms with E-state index in [2.05, 4.69) is 48.5 Å². The molecule has 18 heavy (non-hydrogen) atoms. The van der Waals surface area contributed by atoms with E-state index in [9.17, 15) is 0 Å². The molecule has 1 fully saturated rings. The number of aromatic nitrogens is 2. The van der Waals surface area contributed by atoms with Gasteiger partial charge in [0.2, 0.25) is 0 Å². The van der Waals surface area contributed by atoms with Gasteiger partial charge in [-0.15, -0.1) is 0 Å². The molecule has 1 aliphatic rings. The average Bonchev–Trinajstić information content (AvgIpc) is 2.60. The van der Waals surface area contributed by atoms with Crippen LogP contribution in [-0.4, -0.2) is 9.55 Å². The van der Waals surface area contributed by atoms with E-state index in [-0.39, 0.29) is 5.54 Å². The highest BCUT2D eigenvalue weighted by atomic mass is 15.1. The SMILES string of the molecule is Cc1nc2cc(C3(N)CCC3)ccc2n1C(C)C. The van der Waals surface area contributed by atoms with Crippen LogP contribution in [-0.2, 0) is 5.54 Å². The summed E-state index contributed by atoms with van der Waals surface area (Å²) < 4.78 is 2.28. The van der Waals surface area contributed by atoms with Crippen LogP contribution in [0.4, 0.5) is 0 Å². The van der Waals surface area contributed by atoms with Crippen LogP contribution in [0.3, 0.4) is 0 Å². The molecule has 0 atom stereocenters. The fourth-order valence-corrected chi connectivity index (χ4v) is 3.03. The molecule has 0 radical (unpaired) electrons. The van der Waals surface area contributed by atoms with Gasteiger partial charge in [-0.3, -0.25) is 0 Å². The smallest absolute Gasteiger partial charge is 0.106 e. The summed E-state index contributed by atoms with van der Waals surface area (Å²) in [5, 5.41) is 0. The molecule has 0 aliphatic heterocycles. The van der Waals surface area contributed by atoms with Gasteiger partial charge in [-0.25, -0.2) is 4.98 Å². The molecule has 1 saturated carbocycles. The van der Waals surface area contributed by atoms with Crippen LogP contribution >= 0.6 is 0 Å². The Morgan fingerprint density at radius 3 is 2.61 bits per heavy atom. The van der Waals surface area contributed by atoms with E-state index in [4.69, 9.17) is 5.73 Å². The van der Waals surface area contributed by atoms with E-state index < -0.39 is 0 Å². The topological polar surface area (TPSA) is 43.8 Å². The Morgan fingerprint density at radius 2 is 2.06 bits per heavy atom. The van der Waals surface area contributed by atoms with E-state index >= 15 is 0 Å². The van der Waals surface area contributed by atoms with E-state index in [1.165, 1.54) is 17.5 Å². The van der Waals surface area contributed by atoms with Gasteiger partial charge in [0.1, 0.15) is 5.82 Å². The molecule has 96 valence electrons. The van der Waals surface area contributed by atoms with E-state index in [1.54, 1.807) is 0 Å². The fourth-order valence-electron chi connectivity index (χ4n) is 3.03. The lowest BCUT2D eigenvalue weighted by molar-refractivity contribution is 0.254. The highest BCUT2D eigenvalue weighted by Crippen LogP contribution is 2.39. The Balaban J connectivity index is 2.14. The van der Waals surface area contributed by atoms with Gasteiger partial charge >= 0.3 is 0 Å². The number of fused-ring (bicyclic) bond motifs is 1. The van der Waals surface area contributed by atoms with Crippen LogP contribution in [0.25, 0.3) is 11.0 Å². The minimum Gasteiger partial charge on any atom is -0.326 e. The second-order valence-corrected chi connectivity index (χ2v) is 5.84. The molecule has 1 aromatic heterocycles. The molecule has 3 heteroatoms. The summed E-state index contributed by atoms with van der Waals surface area (Å²) in [6.07, 6.45) is 3.44. The maximum atomic E-state index is 6.39. The lowest BCUT2D eigenvalue weighted by atomic mass is 9.73. The van der Waals surface area contributed by atoms with Crippen LogP contribution in [0.15, 0.2) is 18.2 Å². The molecule has 2 N–H and O–H groups in total. The van der Waals surface area contributed by atoms with Gasteiger partial charge in [-0.1, -0.05) is 6.07 Å². The Labute approximate surface area is 108 Å². The highest BCUT2D eigenvalue weighted by Gasteiger charge is 2.34. The second-order valence-electron chi connectivity index (χ2n) is 5.84. The average molecular weight is 243 g/mol. The minimum absolute atomic E-state index is 0.0935.